The number of hydrogen-bond acceptors (Lipinski definition) is 4. The highest BCUT2D eigenvalue weighted by Crippen LogP contribution is 2.49. The van der Waals surface area contributed by atoms with Crippen molar-refractivity contribution in [1.29, 1.82) is 0 Å². The minimum Gasteiger partial charge on any atom is -0.507 e. The van der Waals surface area contributed by atoms with Crippen molar-refractivity contribution in [2.24, 2.45) is 0 Å². The third-order valence-corrected chi connectivity index (χ3v) is 8.31. The highest BCUT2D eigenvalue weighted by molar-refractivity contribution is 8.20. The number of methoxy groups -OCH3 is 1. The van der Waals surface area contributed by atoms with E-state index in [0.717, 1.165) is 11.1 Å². The summed E-state index contributed by atoms with van der Waals surface area (Å²) in [6, 6.07) is 23.2. The van der Waals surface area contributed by atoms with Crippen LogP contribution in [0.4, 0.5) is 0 Å². The number of aliphatic hydroxyl groups is 1. The van der Waals surface area contributed by atoms with Crippen LogP contribution in [0.3, 0.4) is 0 Å². The fourth-order valence-corrected chi connectivity index (χ4v) is 6.10. The molecular weight excluding hydrogens is 387 g/mol. The smallest absolute Gasteiger partial charge is 0.168 e. The molecule has 0 bridgehead atoms. The summed E-state index contributed by atoms with van der Waals surface area (Å²) in [6.45, 7) is 0. The summed E-state index contributed by atoms with van der Waals surface area (Å²) in [7, 11) is 1.60. The zero-order valence-corrected chi connectivity index (χ0v) is 17.2. The summed E-state index contributed by atoms with van der Waals surface area (Å²) in [4.78, 5) is 12.9. The Kier molecular flexibility index (Phi) is 6.45. The van der Waals surface area contributed by atoms with Gasteiger partial charge in [-0.3, -0.25) is 4.79 Å². The lowest BCUT2D eigenvalue weighted by Gasteiger charge is -2.19. The second-order valence-corrected chi connectivity index (χ2v) is 11.0. The Morgan fingerprint density at radius 3 is 2.00 bits per heavy atom. The normalized spacial score (nSPS) is 13.5. The molecule has 0 aliphatic heterocycles. The van der Waals surface area contributed by atoms with E-state index in [-0.39, 0.29) is 17.7 Å². The van der Waals surface area contributed by atoms with Crippen LogP contribution in [0.25, 0.3) is 5.76 Å². The van der Waals surface area contributed by atoms with E-state index in [2.05, 4.69) is 0 Å². The monoisotopic (exact) mass is 408 g/mol. The molecule has 28 heavy (non-hydrogen) atoms. The summed E-state index contributed by atoms with van der Waals surface area (Å²) in [5.41, 5.74) is 1.30. The van der Waals surface area contributed by atoms with Crippen molar-refractivity contribution < 1.29 is 14.6 Å². The standard InChI is InChI=1S/C23H21O3PS/c1-26-20-12-14-21(15-13-20)27(28,16-22(24)18-8-4-2-5-9-18)17-23(25)19-10-6-3-7-11-19/h2-16,24H,17H2,1H3/b22-16+. The van der Waals surface area contributed by atoms with Crippen LogP contribution in [0.15, 0.2) is 90.7 Å². The second kappa shape index (κ2) is 9.01. The van der Waals surface area contributed by atoms with Crippen LogP contribution >= 0.6 is 6.04 Å². The van der Waals surface area contributed by atoms with E-state index < -0.39 is 6.04 Å². The number of benzene rings is 3. The topological polar surface area (TPSA) is 46.5 Å². The number of rotatable bonds is 7. The largest absolute Gasteiger partial charge is 0.507 e. The Labute approximate surface area is 170 Å². The Balaban J connectivity index is 2.02. The Hall–Kier alpha value is -2.68. The maximum absolute atomic E-state index is 12.9. The fraction of sp³-hybridized carbons (Fsp3) is 0.0870. The molecule has 0 spiro atoms. The molecule has 0 amide bonds. The first-order valence-corrected chi connectivity index (χ1v) is 11.9. The summed E-state index contributed by atoms with van der Waals surface area (Å²) in [5, 5.41) is 11.5. The van der Waals surface area contributed by atoms with Crippen LogP contribution in [0.1, 0.15) is 15.9 Å². The van der Waals surface area contributed by atoms with Crippen molar-refractivity contribution in [2.45, 2.75) is 0 Å². The van der Waals surface area contributed by atoms with Gasteiger partial charge in [-0.25, -0.2) is 0 Å². The molecule has 3 aromatic rings. The summed E-state index contributed by atoms with van der Waals surface area (Å²) >= 11 is 6.01. The van der Waals surface area contributed by atoms with E-state index in [1.807, 2.05) is 72.8 Å². The van der Waals surface area contributed by atoms with Crippen LogP contribution in [0.2, 0.25) is 0 Å². The molecule has 5 heteroatoms. The lowest BCUT2D eigenvalue weighted by atomic mass is 10.2. The third-order valence-electron chi connectivity index (χ3n) is 4.38. The van der Waals surface area contributed by atoms with Gasteiger partial charge in [0.1, 0.15) is 11.5 Å². The molecule has 0 aliphatic carbocycles. The SMILES string of the molecule is COc1ccc(P(=S)(/C=C(/O)c2ccccc2)CC(=O)c2ccccc2)cc1. The van der Waals surface area contributed by atoms with Crippen molar-refractivity contribution in [3.63, 3.8) is 0 Å². The predicted molar refractivity (Wildman–Crippen MR) is 120 cm³/mol. The van der Waals surface area contributed by atoms with E-state index in [0.29, 0.717) is 11.1 Å². The van der Waals surface area contributed by atoms with Crippen molar-refractivity contribution in [1.82, 2.24) is 0 Å². The van der Waals surface area contributed by atoms with Gasteiger partial charge >= 0.3 is 0 Å². The van der Waals surface area contributed by atoms with E-state index in [9.17, 15) is 9.90 Å². The maximum Gasteiger partial charge on any atom is 0.168 e. The molecule has 142 valence electrons. The average Bonchev–Trinajstić information content (AvgIpc) is 2.75. The van der Waals surface area contributed by atoms with E-state index in [1.165, 1.54) is 0 Å². The number of ether oxygens (including phenoxy) is 1. The molecule has 1 N–H and O–H groups in total. The van der Waals surface area contributed by atoms with Gasteiger partial charge in [-0.1, -0.05) is 72.5 Å². The Morgan fingerprint density at radius 2 is 1.46 bits per heavy atom. The van der Waals surface area contributed by atoms with Crippen LogP contribution in [0.5, 0.6) is 5.75 Å². The molecule has 1 atom stereocenters. The molecule has 0 aromatic heterocycles. The highest BCUT2D eigenvalue weighted by Gasteiger charge is 2.23. The fourth-order valence-electron chi connectivity index (χ4n) is 2.86. The van der Waals surface area contributed by atoms with Gasteiger partial charge < -0.3 is 9.84 Å². The number of hydrogen-bond donors (Lipinski definition) is 1. The van der Waals surface area contributed by atoms with Crippen LogP contribution in [0, 0.1) is 0 Å². The first-order valence-electron chi connectivity index (χ1n) is 8.81. The van der Waals surface area contributed by atoms with Crippen molar-refractivity contribution in [3.8, 4) is 5.75 Å². The Bertz CT molecular complexity index is 1010. The summed E-state index contributed by atoms with van der Waals surface area (Å²) in [5.74, 6) is 2.48. The zero-order valence-electron chi connectivity index (χ0n) is 15.5. The number of ketones is 1. The van der Waals surface area contributed by atoms with Crippen LogP contribution < -0.4 is 10.0 Å². The molecule has 0 saturated carbocycles. The number of aliphatic hydroxyl groups excluding tert-OH is 1. The van der Waals surface area contributed by atoms with Gasteiger partial charge in [0.05, 0.1) is 7.11 Å². The quantitative estimate of drug-likeness (QED) is 0.330. The maximum atomic E-state index is 12.9. The van der Waals surface area contributed by atoms with Gasteiger partial charge in [0.2, 0.25) is 0 Å². The first kappa shape index (κ1) is 20.1. The Morgan fingerprint density at radius 1 is 0.929 bits per heavy atom. The summed E-state index contributed by atoms with van der Waals surface area (Å²) in [6.07, 6.45) is 0.162. The summed E-state index contributed by atoms with van der Waals surface area (Å²) < 4.78 is 5.23. The van der Waals surface area contributed by atoms with Crippen molar-refractivity contribution in [2.75, 3.05) is 13.3 Å². The molecule has 0 aliphatic rings. The van der Waals surface area contributed by atoms with E-state index in [1.54, 1.807) is 25.1 Å². The number of carbonyl (C=O) groups excluding carboxylic acids is 1. The lowest BCUT2D eigenvalue weighted by Crippen LogP contribution is -2.13. The molecule has 0 radical (unpaired) electrons. The van der Waals surface area contributed by atoms with Gasteiger partial charge in [-0.2, -0.15) is 0 Å². The van der Waals surface area contributed by atoms with E-state index in [4.69, 9.17) is 16.5 Å². The highest BCUT2D eigenvalue weighted by atomic mass is 32.4. The van der Waals surface area contributed by atoms with Gasteiger partial charge in [-0.15, -0.1) is 0 Å². The van der Waals surface area contributed by atoms with Crippen LogP contribution in [-0.4, -0.2) is 24.2 Å². The number of Topliss-reactive ketones (excluding diaryl/α,β-unsaturated/α-hetero) is 1. The van der Waals surface area contributed by atoms with Gasteiger partial charge in [0, 0.05) is 23.3 Å². The molecule has 0 saturated heterocycles. The molecule has 0 fully saturated rings. The van der Waals surface area contributed by atoms with Crippen molar-refractivity contribution >= 4 is 34.7 Å². The van der Waals surface area contributed by atoms with Gasteiger partial charge in [-0.05, 0) is 35.4 Å². The minimum absolute atomic E-state index is 0.0307. The average molecular weight is 408 g/mol. The lowest BCUT2D eigenvalue weighted by molar-refractivity contribution is 0.102. The minimum atomic E-state index is -2.53. The van der Waals surface area contributed by atoms with Gasteiger partial charge in [0.25, 0.3) is 0 Å². The predicted octanol–water partition coefficient (Wildman–Crippen LogP) is 5.24. The first-order chi connectivity index (χ1) is 13.5. The molecule has 3 aromatic carbocycles. The molecular formula is C23H21O3PS. The third kappa shape index (κ3) is 4.78. The van der Waals surface area contributed by atoms with Crippen molar-refractivity contribution in [3.05, 3.63) is 102 Å². The molecule has 3 nitrogen and oxygen atoms in total. The zero-order chi connectivity index (χ0) is 20.0. The molecule has 0 heterocycles. The second-order valence-electron chi connectivity index (χ2n) is 6.32. The molecule has 1 unspecified atom stereocenters. The van der Waals surface area contributed by atoms with Crippen LogP contribution in [-0.2, 0) is 11.8 Å². The van der Waals surface area contributed by atoms with Gasteiger partial charge in [0.15, 0.2) is 5.78 Å². The molecule has 3 rings (SSSR count). The van der Waals surface area contributed by atoms with E-state index >= 15 is 0 Å². The number of carbonyl (C=O) groups is 1.